The van der Waals surface area contributed by atoms with Crippen LogP contribution in [0.5, 0.6) is 0 Å². The van der Waals surface area contributed by atoms with Crippen LogP contribution >= 0.6 is 0 Å². The second-order valence-electron chi connectivity index (χ2n) is 11.9. The summed E-state index contributed by atoms with van der Waals surface area (Å²) in [5, 5.41) is 12.6. The van der Waals surface area contributed by atoms with Gasteiger partial charge in [0.05, 0.1) is 6.10 Å². The van der Waals surface area contributed by atoms with Gasteiger partial charge >= 0.3 is 6.03 Å². The summed E-state index contributed by atoms with van der Waals surface area (Å²) in [7, 11) is 0. The third-order valence-electron chi connectivity index (χ3n) is 8.11. The lowest BCUT2D eigenvalue weighted by molar-refractivity contribution is 0.0937. The first-order chi connectivity index (χ1) is 16.3. The molecule has 1 heterocycles. The average Bonchev–Trinajstić information content (AvgIpc) is 2.80. The maximum absolute atomic E-state index is 12.2. The lowest BCUT2D eigenvalue weighted by Gasteiger charge is -2.29. The molecule has 0 radical (unpaired) electrons. The quantitative estimate of drug-likeness (QED) is 0.183. The predicted molar refractivity (Wildman–Crippen MR) is 147 cm³/mol. The fourth-order valence-corrected chi connectivity index (χ4v) is 5.51. The molecular formula is C30H60N2O2. The molecule has 34 heavy (non-hydrogen) atoms. The summed E-state index contributed by atoms with van der Waals surface area (Å²) in [5.41, 5.74) is 0. The molecule has 2 amide bonds. The van der Waals surface area contributed by atoms with Crippen molar-refractivity contribution in [3.63, 3.8) is 0 Å². The zero-order valence-corrected chi connectivity index (χ0v) is 23.6. The molecule has 0 aliphatic carbocycles. The number of aliphatic hydroxyl groups excluding tert-OH is 1. The summed E-state index contributed by atoms with van der Waals surface area (Å²) < 4.78 is 0. The Labute approximate surface area is 213 Å². The van der Waals surface area contributed by atoms with Crippen LogP contribution in [0.25, 0.3) is 0 Å². The normalized spacial score (nSPS) is 18.5. The summed E-state index contributed by atoms with van der Waals surface area (Å²) >= 11 is 0. The third-order valence-corrected chi connectivity index (χ3v) is 8.11. The topological polar surface area (TPSA) is 52.6 Å². The molecule has 1 saturated heterocycles. The van der Waals surface area contributed by atoms with Crippen LogP contribution in [0, 0.1) is 23.7 Å². The van der Waals surface area contributed by atoms with Crippen molar-refractivity contribution in [2.75, 3.05) is 19.6 Å². The zero-order chi connectivity index (χ0) is 25.2. The van der Waals surface area contributed by atoms with Crippen molar-refractivity contribution in [3.8, 4) is 0 Å². The Bertz CT molecular complexity index is 490. The summed E-state index contributed by atoms with van der Waals surface area (Å²) in [6.45, 7) is 14.1. The van der Waals surface area contributed by atoms with Gasteiger partial charge in [0, 0.05) is 19.6 Å². The number of unbranched alkanes of at least 4 members (excludes halogenated alkanes) is 1. The molecule has 0 aromatic heterocycles. The number of rotatable bonds is 19. The Balaban J connectivity index is 1.94. The number of urea groups is 1. The minimum Gasteiger partial charge on any atom is -0.393 e. The van der Waals surface area contributed by atoms with Crippen LogP contribution in [0.1, 0.15) is 137 Å². The lowest BCUT2D eigenvalue weighted by Crippen LogP contribution is -2.45. The molecule has 4 unspecified atom stereocenters. The van der Waals surface area contributed by atoms with Crippen LogP contribution in [0.2, 0.25) is 0 Å². The van der Waals surface area contributed by atoms with E-state index < -0.39 is 0 Å². The lowest BCUT2D eigenvalue weighted by atomic mass is 9.91. The molecule has 1 aliphatic heterocycles. The van der Waals surface area contributed by atoms with Crippen molar-refractivity contribution in [2.24, 2.45) is 23.7 Å². The monoisotopic (exact) mass is 480 g/mol. The summed E-state index contributed by atoms with van der Waals surface area (Å²) in [5.74, 6) is 3.43. The van der Waals surface area contributed by atoms with Crippen LogP contribution in [-0.4, -0.2) is 41.8 Å². The number of carbonyl (C=O) groups is 1. The molecule has 0 aromatic carbocycles. The van der Waals surface area contributed by atoms with Gasteiger partial charge in [-0.15, -0.1) is 0 Å². The smallest absolute Gasteiger partial charge is 0.317 e. The molecule has 0 aromatic rings. The first kappa shape index (κ1) is 31.3. The third kappa shape index (κ3) is 16.0. The fraction of sp³-hybridized carbons (Fsp3) is 0.967. The standard InChI is InChI=1S/C30H60N2O2/c1-6-12-25(2)15-9-16-26(3)13-7-8-14-27(4)17-10-18-28(5)19-11-22-31-30(34)32-23-20-29(33)21-24-32/h25-29,33H,6-24H2,1-5H3,(H,31,34). The highest BCUT2D eigenvalue weighted by Crippen LogP contribution is 2.23. The van der Waals surface area contributed by atoms with E-state index in [9.17, 15) is 9.90 Å². The van der Waals surface area contributed by atoms with Crippen LogP contribution in [-0.2, 0) is 0 Å². The predicted octanol–water partition coefficient (Wildman–Crippen LogP) is 8.18. The maximum atomic E-state index is 12.2. The SMILES string of the molecule is CCCC(C)CCCC(C)CCCCC(C)CCCC(C)CCCNC(=O)N1CCC(O)CC1. The van der Waals surface area contributed by atoms with E-state index in [0.717, 1.165) is 36.6 Å². The Hall–Kier alpha value is -0.770. The Kier molecular flexibility index (Phi) is 17.9. The first-order valence-corrected chi connectivity index (χ1v) is 15.0. The number of carbonyl (C=O) groups excluding carboxylic acids is 1. The summed E-state index contributed by atoms with van der Waals surface area (Å²) in [6, 6.07) is 0.0457. The molecule has 4 heteroatoms. The van der Waals surface area contributed by atoms with E-state index in [1.54, 1.807) is 0 Å². The molecule has 0 spiro atoms. The highest BCUT2D eigenvalue weighted by atomic mass is 16.3. The molecule has 1 aliphatic rings. The van der Waals surface area contributed by atoms with Crippen LogP contribution < -0.4 is 5.32 Å². The fourth-order valence-electron chi connectivity index (χ4n) is 5.51. The second-order valence-corrected chi connectivity index (χ2v) is 11.9. The van der Waals surface area contributed by atoms with Gasteiger partial charge in [0.15, 0.2) is 0 Å². The molecule has 4 atom stereocenters. The summed E-state index contributed by atoms with van der Waals surface area (Å²) in [4.78, 5) is 14.0. The number of aliphatic hydroxyl groups is 1. The van der Waals surface area contributed by atoms with Crippen LogP contribution in [0.4, 0.5) is 4.79 Å². The second kappa shape index (κ2) is 19.4. The van der Waals surface area contributed by atoms with Crippen molar-refractivity contribution >= 4 is 6.03 Å². The molecule has 1 fully saturated rings. The van der Waals surface area contributed by atoms with Crippen molar-refractivity contribution in [1.29, 1.82) is 0 Å². The van der Waals surface area contributed by atoms with E-state index in [2.05, 4.69) is 39.9 Å². The van der Waals surface area contributed by atoms with Gasteiger partial charge in [0.25, 0.3) is 0 Å². The number of hydrogen-bond donors (Lipinski definition) is 2. The molecule has 1 rings (SSSR count). The maximum Gasteiger partial charge on any atom is 0.317 e. The van der Waals surface area contributed by atoms with E-state index in [1.807, 2.05) is 4.90 Å². The molecule has 0 saturated carbocycles. The first-order valence-electron chi connectivity index (χ1n) is 15.0. The van der Waals surface area contributed by atoms with E-state index in [1.165, 1.54) is 83.5 Å². The zero-order valence-electron chi connectivity index (χ0n) is 23.6. The number of nitrogens with one attached hydrogen (secondary N) is 1. The van der Waals surface area contributed by atoms with E-state index in [-0.39, 0.29) is 12.1 Å². The van der Waals surface area contributed by atoms with Gasteiger partial charge in [-0.25, -0.2) is 4.79 Å². The molecule has 4 nitrogen and oxygen atoms in total. The highest BCUT2D eigenvalue weighted by Gasteiger charge is 2.20. The van der Waals surface area contributed by atoms with Crippen molar-refractivity contribution in [3.05, 3.63) is 0 Å². The summed E-state index contributed by atoms with van der Waals surface area (Å²) in [6.07, 6.45) is 20.1. The van der Waals surface area contributed by atoms with E-state index in [0.29, 0.717) is 25.9 Å². The number of likely N-dealkylation sites (tertiary alicyclic amines) is 1. The van der Waals surface area contributed by atoms with Gasteiger partial charge in [0.2, 0.25) is 0 Å². The number of hydrogen-bond acceptors (Lipinski definition) is 2. The van der Waals surface area contributed by atoms with Crippen molar-refractivity contribution in [1.82, 2.24) is 10.2 Å². The van der Waals surface area contributed by atoms with Crippen LogP contribution in [0.3, 0.4) is 0 Å². The number of piperidine rings is 1. The molecular weight excluding hydrogens is 420 g/mol. The van der Waals surface area contributed by atoms with E-state index in [4.69, 9.17) is 0 Å². The van der Waals surface area contributed by atoms with Crippen molar-refractivity contribution < 1.29 is 9.90 Å². The van der Waals surface area contributed by atoms with Gasteiger partial charge in [-0.3, -0.25) is 0 Å². The van der Waals surface area contributed by atoms with Gasteiger partial charge in [-0.05, 0) is 49.4 Å². The average molecular weight is 481 g/mol. The Morgan fingerprint density at radius 3 is 1.62 bits per heavy atom. The minimum atomic E-state index is -0.227. The minimum absolute atomic E-state index is 0.0457. The van der Waals surface area contributed by atoms with Crippen LogP contribution in [0.15, 0.2) is 0 Å². The van der Waals surface area contributed by atoms with Gasteiger partial charge in [-0.2, -0.15) is 0 Å². The van der Waals surface area contributed by atoms with Crippen molar-refractivity contribution in [2.45, 2.75) is 143 Å². The Morgan fingerprint density at radius 1 is 0.735 bits per heavy atom. The molecule has 202 valence electrons. The number of amides is 2. The van der Waals surface area contributed by atoms with Gasteiger partial charge in [-0.1, -0.05) is 112 Å². The molecule has 2 N–H and O–H groups in total. The largest absolute Gasteiger partial charge is 0.393 e. The highest BCUT2D eigenvalue weighted by molar-refractivity contribution is 5.74. The molecule has 0 bridgehead atoms. The Morgan fingerprint density at radius 2 is 1.15 bits per heavy atom. The van der Waals surface area contributed by atoms with E-state index >= 15 is 0 Å². The van der Waals surface area contributed by atoms with Gasteiger partial charge in [0.1, 0.15) is 0 Å². The van der Waals surface area contributed by atoms with Gasteiger partial charge < -0.3 is 15.3 Å². The number of nitrogens with zero attached hydrogens (tertiary/aromatic N) is 1.